The molecular formula is C11H15N3O3. The van der Waals surface area contributed by atoms with E-state index in [0.717, 1.165) is 19.3 Å². The zero-order valence-electron chi connectivity index (χ0n) is 9.52. The molecule has 0 radical (unpaired) electrons. The first-order valence-electron chi connectivity index (χ1n) is 6.05. The van der Waals surface area contributed by atoms with Gasteiger partial charge in [-0.1, -0.05) is 6.42 Å². The van der Waals surface area contributed by atoms with Gasteiger partial charge in [-0.05, 0) is 12.8 Å². The third kappa shape index (κ3) is 1.59. The van der Waals surface area contributed by atoms with Crippen LogP contribution >= 0.6 is 0 Å². The normalized spacial score (nSPS) is 25.6. The van der Waals surface area contributed by atoms with Gasteiger partial charge in [-0.15, -0.1) is 0 Å². The molecule has 0 bridgehead atoms. The van der Waals surface area contributed by atoms with Crippen LogP contribution < -0.4 is 5.32 Å². The van der Waals surface area contributed by atoms with Crippen LogP contribution in [0.25, 0.3) is 0 Å². The van der Waals surface area contributed by atoms with Crippen LogP contribution in [-0.2, 0) is 9.59 Å². The minimum Gasteiger partial charge on any atom is -0.338 e. The van der Waals surface area contributed by atoms with Crippen molar-refractivity contribution < 1.29 is 14.4 Å². The number of amides is 4. The Balaban J connectivity index is 1.55. The molecule has 4 amide bonds. The number of likely N-dealkylation sites (tertiary alicyclic amines) is 1. The predicted molar refractivity (Wildman–Crippen MR) is 58.0 cm³/mol. The molecule has 3 rings (SSSR count). The van der Waals surface area contributed by atoms with Crippen molar-refractivity contribution in [2.75, 3.05) is 19.6 Å². The Kier molecular flexibility index (Phi) is 2.31. The minimum atomic E-state index is -0.323. The summed E-state index contributed by atoms with van der Waals surface area (Å²) < 4.78 is 0. The summed E-state index contributed by atoms with van der Waals surface area (Å²) in [4.78, 5) is 37.7. The van der Waals surface area contributed by atoms with E-state index in [2.05, 4.69) is 5.32 Å². The van der Waals surface area contributed by atoms with E-state index in [1.165, 1.54) is 4.90 Å². The zero-order valence-corrected chi connectivity index (χ0v) is 9.52. The van der Waals surface area contributed by atoms with Crippen molar-refractivity contribution >= 4 is 17.8 Å². The van der Waals surface area contributed by atoms with Gasteiger partial charge in [0.2, 0.25) is 11.8 Å². The van der Waals surface area contributed by atoms with Crippen LogP contribution in [0.4, 0.5) is 4.79 Å². The highest BCUT2D eigenvalue weighted by atomic mass is 16.2. The smallest absolute Gasteiger partial charge is 0.324 e. The molecule has 1 N–H and O–H groups in total. The van der Waals surface area contributed by atoms with Crippen molar-refractivity contribution in [2.24, 2.45) is 5.92 Å². The molecule has 3 aliphatic rings. The van der Waals surface area contributed by atoms with Crippen LogP contribution in [0.15, 0.2) is 0 Å². The first-order chi connectivity index (χ1) is 8.16. The van der Waals surface area contributed by atoms with Gasteiger partial charge in [0, 0.05) is 19.0 Å². The van der Waals surface area contributed by atoms with E-state index >= 15 is 0 Å². The lowest BCUT2D eigenvalue weighted by molar-refractivity contribution is -0.147. The maximum Gasteiger partial charge on any atom is 0.324 e. The number of hydrogen-bond acceptors (Lipinski definition) is 3. The number of imide groups is 1. The van der Waals surface area contributed by atoms with Crippen molar-refractivity contribution in [1.29, 1.82) is 0 Å². The Morgan fingerprint density at radius 1 is 1.24 bits per heavy atom. The second kappa shape index (κ2) is 3.72. The van der Waals surface area contributed by atoms with Crippen molar-refractivity contribution in [3.05, 3.63) is 0 Å². The van der Waals surface area contributed by atoms with Gasteiger partial charge in [-0.25, -0.2) is 4.79 Å². The van der Waals surface area contributed by atoms with Gasteiger partial charge in [0.05, 0.1) is 12.6 Å². The number of urea groups is 1. The molecule has 0 atom stereocenters. The molecule has 2 saturated heterocycles. The van der Waals surface area contributed by atoms with Crippen LogP contribution in [-0.4, -0.2) is 53.3 Å². The summed E-state index contributed by atoms with van der Waals surface area (Å²) in [6, 6.07) is -0.440. The first kappa shape index (κ1) is 10.6. The van der Waals surface area contributed by atoms with E-state index in [0.29, 0.717) is 13.1 Å². The summed E-state index contributed by atoms with van der Waals surface area (Å²) in [6.45, 7) is 1.11. The Hall–Kier alpha value is -1.59. The molecule has 92 valence electrons. The number of hydrogen-bond donors (Lipinski definition) is 1. The molecular weight excluding hydrogens is 222 g/mol. The Labute approximate surface area is 98.9 Å². The fourth-order valence-electron chi connectivity index (χ4n) is 2.52. The van der Waals surface area contributed by atoms with Gasteiger partial charge < -0.3 is 10.2 Å². The van der Waals surface area contributed by atoms with Crippen LogP contribution in [0.1, 0.15) is 19.3 Å². The lowest BCUT2D eigenvalue weighted by atomic mass is 9.83. The van der Waals surface area contributed by atoms with Crippen LogP contribution in [0, 0.1) is 5.92 Å². The molecule has 0 aromatic rings. The van der Waals surface area contributed by atoms with Gasteiger partial charge in [0.25, 0.3) is 0 Å². The SMILES string of the molecule is O=C(C1CCC1)N1CC(N2C(=O)CNC2=O)C1. The Bertz CT molecular complexity index is 369. The van der Waals surface area contributed by atoms with Gasteiger partial charge in [-0.3, -0.25) is 14.5 Å². The molecule has 1 saturated carbocycles. The molecule has 1 aliphatic carbocycles. The van der Waals surface area contributed by atoms with E-state index in [1.54, 1.807) is 4.90 Å². The van der Waals surface area contributed by atoms with Gasteiger partial charge >= 0.3 is 6.03 Å². The maximum atomic E-state index is 11.9. The second-order valence-electron chi connectivity index (χ2n) is 4.95. The largest absolute Gasteiger partial charge is 0.338 e. The van der Waals surface area contributed by atoms with E-state index in [4.69, 9.17) is 0 Å². The highest BCUT2D eigenvalue weighted by molar-refractivity contribution is 6.02. The van der Waals surface area contributed by atoms with Crippen LogP contribution in [0.5, 0.6) is 0 Å². The molecule has 17 heavy (non-hydrogen) atoms. The van der Waals surface area contributed by atoms with Gasteiger partial charge in [0.1, 0.15) is 0 Å². The molecule has 2 heterocycles. The van der Waals surface area contributed by atoms with E-state index in [-0.39, 0.29) is 36.3 Å². The maximum absolute atomic E-state index is 11.9. The van der Waals surface area contributed by atoms with Gasteiger partial charge in [-0.2, -0.15) is 0 Å². The summed E-state index contributed by atoms with van der Waals surface area (Å²) >= 11 is 0. The van der Waals surface area contributed by atoms with Crippen molar-refractivity contribution in [2.45, 2.75) is 25.3 Å². The van der Waals surface area contributed by atoms with Gasteiger partial charge in [0.15, 0.2) is 0 Å². The highest BCUT2D eigenvalue weighted by Gasteiger charge is 2.44. The number of carbonyl (C=O) groups excluding carboxylic acids is 3. The van der Waals surface area contributed by atoms with E-state index < -0.39 is 0 Å². The number of nitrogens with one attached hydrogen (secondary N) is 1. The summed E-state index contributed by atoms with van der Waals surface area (Å²) in [5, 5.41) is 2.49. The monoisotopic (exact) mass is 237 g/mol. The lowest BCUT2D eigenvalue weighted by Crippen LogP contribution is -2.63. The average Bonchev–Trinajstić information content (AvgIpc) is 2.44. The number of rotatable bonds is 2. The molecule has 2 aliphatic heterocycles. The molecule has 0 aromatic carbocycles. The molecule has 3 fully saturated rings. The van der Waals surface area contributed by atoms with Crippen molar-refractivity contribution in [3.8, 4) is 0 Å². The summed E-state index contributed by atoms with van der Waals surface area (Å²) in [6.07, 6.45) is 3.12. The molecule has 6 nitrogen and oxygen atoms in total. The van der Waals surface area contributed by atoms with Crippen molar-refractivity contribution in [3.63, 3.8) is 0 Å². The van der Waals surface area contributed by atoms with Crippen LogP contribution in [0.2, 0.25) is 0 Å². The third-order valence-corrected chi connectivity index (χ3v) is 3.87. The minimum absolute atomic E-state index is 0.0892. The molecule has 0 spiro atoms. The van der Waals surface area contributed by atoms with E-state index in [1.807, 2.05) is 0 Å². The quantitative estimate of drug-likeness (QED) is 0.661. The third-order valence-electron chi connectivity index (χ3n) is 3.87. The summed E-state index contributed by atoms with van der Waals surface area (Å²) in [7, 11) is 0. The summed E-state index contributed by atoms with van der Waals surface area (Å²) in [5.41, 5.74) is 0. The predicted octanol–water partition coefficient (Wildman–Crippen LogP) is -0.451. The number of carbonyl (C=O) groups is 3. The second-order valence-corrected chi connectivity index (χ2v) is 4.95. The highest BCUT2D eigenvalue weighted by Crippen LogP contribution is 2.30. The van der Waals surface area contributed by atoms with Crippen LogP contribution in [0.3, 0.4) is 0 Å². The lowest BCUT2D eigenvalue weighted by Gasteiger charge is -2.45. The molecule has 0 unspecified atom stereocenters. The first-order valence-corrected chi connectivity index (χ1v) is 6.05. The average molecular weight is 237 g/mol. The van der Waals surface area contributed by atoms with E-state index in [9.17, 15) is 14.4 Å². The standard InChI is InChI=1S/C11H15N3O3/c15-9-4-12-11(17)14(9)8-5-13(6-8)10(16)7-2-1-3-7/h7-8H,1-6H2,(H,12,17). The Morgan fingerprint density at radius 3 is 2.41 bits per heavy atom. The topological polar surface area (TPSA) is 69.7 Å². The van der Waals surface area contributed by atoms with Crippen molar-refractivity contribution in [1.82, 2.24) is 15.1 Å². The Morgan fingerprint density at radius 2 is 1.94 bits per heavy atom. The molecule has 0 aromatic heterocycles. The fourth-order valence-corrected chi connectivity index (χ4v) is 2.52. The number of nitrogens with zero attached hydrogens (tertiary/aromatic N) is 2. The molecule has 6 heteroatoms. The zero-order chi connectivity index (χ0) is 12.0. The fraction of sp³-hybridized carbons (Fsp3) is 0.727. The summed E-state index contributed by atoms with van der Waals surface area (Å²) in [5.74, 6) is 0.203.